The van der Waals surface area contributed by atoms with Crippen LogP contribution in [0.3, 0.4) is 0 Å². The molecule has 0 heterocycles. The summed E-state index contributed by atoms with van der Waals surface area (Å²) in [5, 5.41) is 0. The van der Waals surface area contributed by atoms with Crippen LogP contribution in [0.4, 0.5) is 0 Å². The summed E-state index contributed by atoms with van der Waals surface area (Å²) in [6, 6.07) is 8.59. The van der Waals surface area contributed by atoms with Gasteiger partial charge in [-0.05, 0) is 43.9 Å². The van der Waals surface area contributed by atoms with Gasteiger partial charge < -0.3 is 18.9 Å². The highest BCUT2D eigenvalue weighted by Crippen LogP contribution is 2.21. The lowest BCUT2D eigenvalue weighted by atomic mass is 9.97. The summed E-state index contributed by atoms with van der Waals surface area (Å²) in [5.74, 6) is 0.351. The molecule has 0 aliphatic rings. The van der Waals surface area contributed by atoms with Crippen molar-refractivity contribution >= 4 is 5.57 Å². The van der Waals surface area contributed by atoms with Gasteiger partial charge in [0.2, 0.25) is 0 Å². The van der Waals surface area contributed by atoms with Gasteiger partial charge in [-0.2, -0.15) is 0 Å². The van der Waals surface area contributed by atoms with Crippen LogP contribution in [0.5, 0.6) is 0 Å². The molecular weight excluding hydrogens is 328 g/mol. The van der Waals surface area contributed by atoms with Crippen molar-refractivity contribution in [2.75, 3.05) is 34.0 Å². The predicted octanol–water partition coefficient (Wildman–Crippen LogP) is 5.03. The van der Waals surface area contributed by atoms with E-state index in [4.69, 9.17) is 18.9 Å². The van der Waals surface area contributed by atoms with Gasteiger partial charge >= 0.3 is 0 Å². The molecule has 0 fully saturated rings. The van der Waals surface area contributed by atoms with Gasteiger partial charge in [0, 0.05) is 33.2 Å². The van der Waals surface area contributed by atoms with Gasteiger partial charge in [-0.3, -0.25) is 0 Å². The van der Waals surface area contributed by atoms with Crippen LogP contribution in [0.25, 0.3) is 5.57 Å². The lowest BCUT2D eigenvalue weighted by Crippen LogP contribution is -2.11. The Hall–Kier alpha value is -1.36. The molecule has 4 nitrogen and oxygen atoms in total. The first kappa shape index (κ1) is 22.7. The largest absolute Gasteiger partial charge is 0.501 e. The first-order valence-electron chi connectivity index (χ1n) is 9.50. The fourth-order valence-corrected chi connectivity index (χ4v) is 2.42. The summed E-state index contributed by atoms with van der Waals surface area (Å²) in [4.78, 5) is 0. The third kappa shape index (κ3) is 8.84. The number of allylic oxidation sites excluding steroid dienone is 1. The molecule has 0 saturated carbocycles. The zero-order valence-corrected chi connectivity index (χ0v) is 17.3. The molecular formula is C22H36O4. The first-order chi connectivity index (χ1) is 12.5. The molecule has 3 unspecified atom stereocenters. The van der Waals surface area contributed by atoms with Crippen LogP contribution in [-0.2, 0) is 18.9 Å². The number of rotatable bonds is 13. The SMILES string of the molecule is COC(C)CCO/C=C(\C)c1cccc(C(C)COCCC(C)OC)c1. The summed E-state index contributed by atoms with van der Waals surface area (Å²) in [7, 11) is 3.46. The minimum atomic E-state index is 0.222. The number of hydrogen-bond acceptors (Lipinski definition) is 4. The molecule has 0 radical (unpaired) electrons. The minimum absolute atomic E-state index is 0.222. The Bertz CT molecular complexity index is 527. The molecule has 148 valence electrons. The highest BCUT2D eigenvalue weighted by molar-refractivity contribution is 5.63. The van der Waals surface area contributed by atoms with Crippen LogP contribution in [0.15, 0.2) is 30.5 Å². The normalized spacial score (nSPS) is 15.5. The topological polar surface area (TPSA) is 36.9 Å². The molecule has 0 spiro atoms. The van der Waals surface area contributed by atoms with Crippen molar-refractivity contribution in [2.45, 2.75) is 58.7 Å². The number of hydrogen-bond donors (Lipinski definition) is 0. The summed E-state index contributed by atoms with van der Waals surface area (Å²) in [5.41, 5.74) is 3.59. The van der Waals surface area contributed by atoms with Crippen molar-refractivity contribution in [3.63, 3.8) is 0 Å². The molecule has 1 aromatic rings. The molecule has 1 aromatic carbocycles. The Morgan fingerprint density at radius 1 is 1.00 bits per heavy atom. The molecule has 0 aliphatic heterocycles. The van der Waals surface area contributed by atoms with Gasteiger partial charge in [0.05, 0.1) is 31.7 Å². The Morgan fingerprint density at radius 3 is 2.31 bits per heavy atom. The number of benzene rings is 1. The van der Waals surface area contributed by atoms with Crippen LogP contribution < -0.4 is 0 Å². The monoisotopic (exact) mass is 364 g/mol. The van der Waals surface area contributed by atoms with E-state index in [0.29, 0.717) is 19.1 Å². The molecule has 4 heteroatoms. The second-order valence-electron chi connectivity index (χ2n) is 6.94. The average Bonchev–Trinajstić information content (AvgIpc) is 2.67. The van der Waals surface area contributed by atoms with Crippen LogP contribution in [0.2, 0.25) is 0 Å². The zero-order chi connectivity index (χ0) is 19.4. The van der Waals surface area contributed by atoms with Crippen LogP contribution in [0.1, 0.15) is 57.6 Å². The molecule has 0 aromatic heterocycles. The quantitative estimate of drug-likeness (QED) is 0.363. The van der Waals surface area contributed by atoms with E-state index in [1.807, 2.05) is 13.2 Å². The molecule has 1 rings (SSSR count). The van der Waals surface area contributed by atoms with Crippen molar-refractivity contribution in [3.8, 4) is 0 Å². The lowest BCUT2D eigenvalue weighted by Gasteiger charge is -2.15. The standard InChI is InChI=1S/C22H36O4/c1-17(15-25-12-10-19(3)23-5)21-8-7-9-22(14-21)18(2)16-26-13-11-20(4)24-6/h7-9,14-15,18-20H,10-13,16H2,1-6H3/b17-15+. The molecule has 0 N–H and O–H groups in total. The maximum Gasteiger partial charge on any atom is 0.0898 e. The molecule has 0 aliphatic carbocycles. The number of methoxy groups -OCH3 is 2. The Kier molecular flexibility index (Phi) is 11.3. The summed E-state index contributed by atoms with van der Waals surface area (Å²) < 4.78 is 21.9. The minimum Gasteiger partial charge on any atom is -0.501 e. The van der Waals surface area contributed by atoms with Crippen molar-refractivity contribution < 1.29 is 18.9 Å². The summed E-state index contributed by atoms with van der Waals surface area (Å²) >= 11 is 0. The maximum absolute atomic E-state index is 5.80. The Balaban J connectivity index is 2.49. The van der Waals surface area contributed by atoms with Crippen LogP contribution in [-0.4, -0.2) is 46.2 Å². The van der Waals surface area contributed by atoms with Gasteiger partial charge in [0.15, 0.2) is 0 Å². The molecule has 0 saturated heterocycles. The third-order valence-corrected chi connectivity index (χ3v) is 4.65. The Labute approximate surface area is 159 Å². The van der Waals surface area contributed by atoms with E-state index in [1.165, 1.54) is 11.1 Å². The van der Waals surface area contributed by atoms with Crippen molar-refractivity contribution in [1.82, 2.24) is 0 Å². The van der Waals surface area contributed by atoms with Gasteiger partial charge in [-0.1, -0.05) is 31.2 Å². The molecule has 0 amide bonds. The highest BCUT2D eigenvalue weighted by Gasteiger charge is 2.08. The van der Waals surface area contributed by atoms with E-state index in [2.05, 4.69) is 45.0 Å². The first-order valence-corrected chi connectivity index (χ1v) is 9.50. The summed E-state index contributed by atoms with van der Waals surface area (Å²) in [6.45, 7) is 10.5. The van der Waals surface area contributed by atoms with E-state index in [1.54, 1.807) is 14.2 Å². The average molecular weight is 365 g/mol. The fourth-order valence-electron chi connectivity index (χ4n) is 2.42. The van der Waals surface area contributed by atoms with E-state index in [9.17, 15) is 0 Å². The third-order valence-electron chi connectivity index (χ3n) is 4.65. The number of ether oxygens (including phenoxy) is 4. The van der Waals surface area contributed by atoms with Crippen molar-refractivity contribution in [3.05, 3.63) is 41.7 Å². The van der Waals surface area contributed by atoms with E-state index in [-0.39, 0.29) is 12.2 Å². The van der Waals surface area contributed by atoms with E-state index in [0.717, 1.165) is 25.0 Å². The van der Waals surface area contributed by atoms with E-state index >= 15 is 0 Å². The summed E-state index contributed by atoms with van der Waals surface area (Å²) in [6.07, 6.45) is 4.11. The van der Waals surface area contributed by atoms with Gasteiger partial charge in [-0.15, -0.1) is 0 Å². The fraction of sp³-hybridized carbons (Fsp3) is 0.636. The molecule has 26 heavy (non-hydrogen) atoms. The van der Waals surface area contributed by atoms with Crippen LogP contribution >= 0.6 is 0 Å². The lowest BCUT2D eigenvalue weighted by molar-refractivity contribution is 0.0580. The van der Waals surface area contributed by atoms with Crippen LogP contribution in [0, 0.1) is 0 Å². The predicted molar refractivity (Wildman–Crippen MR) is 107 cm³/mol. The highest BCUT2D eigenvalue weighted by atomic mass is 16.5. The Morgan fingerprint density at radius 2 is 1.65 bits per heavy atom. The van der Waals surface area contributed by atoms with Crippen molar-refractivity contribution in [2.24, 2.45) is 0 Å². The smallest absolute Gasteiger partial charge is 0.0898 e. The van der Waals surface area contributed by atoms with E-state index < -0.39 is 0 Å². The zero-order valence-electron chi connectivity index (χ0n) is 17.3. The molecule has 0 bridgehead atoms. The van der Waals surface area contributed by atoms with Gasteiger partial charge in [0.25, 0.3) is 0 Å². The molecule has 3 atom stereocenters. The van der Waals surface area contributed by atoms with Gasteiger partial charge in [0.1, 0.15) is 0 Å². The van der Waals surface area contributed by atoms with Gasteiger partial charge in [-0.25, -0.2) is 0 Å². The van der Waals surface area contributed by atoms with Crippen molar-refractivity contribution in [1.29, 1.82) is 0 Å². The second-order valence-corrected chi connectivity index (χ2v) is 6.94. The second kappa shape index (κ2) is 12.9. The maximum atomic E-state index is 5.80.